The van der Waals surface area contributed by atoms with Crippen molar-refractivity contribution < 1.29 is 14.7 Å². The first-order valence-corrected chi connectivity index (χ1v) is 12.4. The standard InChI is InChI=1S/C28H28Cl2N2O3/c1-3-24(18-11-13-31-14-12-18)32-26(19-7-9-21(29)10-8-19)23(20-5-4-6-22(30)15-20)16-28(2,27(32)35)17-25(33)34/h4-15,23-24,26H,3,16-17H2,1-2H3,(H,33,34)/t23-,24-,26-,28+/m1/s1. The Labute approximate surface area is 215 Å². The molecule has 1 aliphatic heterocycles. The van der Waals surface area contributed by atoms with Gasteiger partial charge in [0.1, 0.15) is 0 Å². The van der Waals surface area contributed by atoms with Gasteiger partial charge in [-0.3, -0.25) is 14.6 Å². The minimum Gasteiger partial charge on any atom is -0.481 e. The SMILES string of the molecule is CC[C@H](c1ccncc1)N1C(=O)[C@](C)(CC(=O)O)C[C@H](c2cccc(Cl)c2)[C@H]1c1ccc(Cl)cc1. The van der Waals surface area contributed by atoms with Crippen LogP contribution in [0.15, 0.2) is 73.1 Å². The van der Waals surface area contributed by atoms with Gasteiger partial charge in [-0.05, 0) is 65.9 Å². The molecular weight excluding hydrogens is 483 g/mol. The van der Waals surface area contributed by atoms with E-state index in [-0.39, 0.29) is 30.3 Å². The molecule has 0 radical (unpaired) electrons. The molecule has 1 saturated heterocycles. The Morgan fingerprint density at radius 3 is 2.37 bits per heavy atom. The molecule has 1 fully saturated rings. The second kappa shape index (κ2) is 10.4. The molecule has 7 heteroatoms. The molecule has 2 heterocycles. The molecule has 5 nitrogen and oxygen atoms in total. The zero-order chi connectivity index (χ0) is 25.2. The Kier molecular flexibility index (Phi) is 7.48. The fourth-order valence-corrected chi connectivity index (χ4v) is 5.73. The van der Waals surface area contributed by atoms with Gasteiger partial charge in [-0.1, -0.05) is 61.3 Å². The van der Waals surface area contributed by atoms with Crippen molar-refractivity contribution in [1.82, 2.24) is 9.88 Å². The predicted octanol–water partition coefficient (Wildman–Crippen LogP) is 7.08. The molecule has 4 rings (SSSR count). The Morgan fingerprint density at radius 2 is 1.77 bits per heavy atom. The van der Waals surface area contributed by atoms with Gasteiger partial charge in [-0.15, -0.1) is 0 Å². The number of aliphatic carboxylic acids is 1. The van der Waals surface area contributed by atoms with E-state index in [2.05, 4.69) is 4.98 Å². The van der Waals surface area contributed by atoms with Crippen LogP contribution < -0.4 is 0 Å². The summed E-state index contributed by atoms with van der Waals surface area (Å²) < 4.78 is 0. The molecule has 3 aromatic rings. The van der Waals surface area contributed by atoms with E-state index in [4.69, 9.17) is 23.2 Å². The molecule has 182 valence electrons. The van der Waals surface area contributed by atoms with E-state index < -0.39 is 11.4 Å². The monoisotopic (exact) mass is 510 g/mol. The van der Waals surface area contributed by atoms with E-state index in [1.165, 1.54) is 0 Å². The first kappa shape index (κ1) is 25.2. The number of hydrogen-bond acceptors (Lipinski definition) is 3. The van der Waals surface area contributed by atoms with Crippen molar-refractivity contribution in [3.8, 4) is 0 Å². The average Bonchev–Trinajstić information content (AvgIpc) is 2.83. The summed E-state index contributed by atoms with van der Waals surface area (Å²) in [7, 11) is 0. The van der Waals surface area contributed by atoms with E-state index in [1.54, 1.807) is 19.3 Å². The molecule has 0 spiro atoms. The number of carboxylic acid groups (broad SMARTS) is 1. The minimum absolute atomic E-state index is 0.165. The maximum atomic E-state index is 14.2. The summed E-state index contributed by atoms with van der Waals surface area (Å²) in [4.78, 5) is 32.2. The number of nitrogens with zero attached hydrogens (tertiary/aromatic N) is 2. The molecule has 2 aromatic carbocycles. The average molecular weight is 511 g/mol. The van der Waals surface area contributed by atoms with Gasteiger partial charge >= 0.3 is 5.97 Å². The van der Waals surface area contributed by atoms with Crippen LogP contribution in [0.2, 0.25) is 10.0 Å². The second-order valence-corrected chi connectivity index (χ2v) is 10.3. The normalized spacial score (nSPS) is 23.2. The lowest BCUT2D eigenvalue weighted by Crippen LogP contribution is -2.53. The molecule has 1 amide bonds. The van der Waals surface area contributed by atoms with E-state index >= 15 is 0 Å². The van der Waals surface area contributed by atoms with Crippen molar-refractivity contribution in [2.24, 2.45) is 5.41 Å². The summed E-state index contributed by atoms with van der Waals surface area (Å²) in [5.74, 6) is -1.33. The number of carboxylic acids is 1. The predicted molar refractivity (Wildman–Crippen MR) is 137 cm³/mol. The highest BCUT2D eigenvalue weighted by Gasteiger charge is 2.52. The number of amides is 1. The van der Waals surface area contributed by atoms with Crippen molar-refractivity contribution in [2.75, 3.05) is 0 Å². The number of carbonyl (C=O) groups excluding carboxylic acids is 1. The lowest BCUT2D eigenvalue weighted by atomic mass is 9.66. The number of rotatable bonds is 7. The lowest BCUT2D eigenvalue weighted by Gasteiger charge is -2.52. The molecule has 4 atom stereocenters. The van der Waals surface area contributed by atoms with Gasteiger partial charge in [-0.25, -0.2) is 0 Å². The summed E-state index contributed by atoms with van der Waals surface area (Å²) in [5.41, 5.74) is 1.79. The molecule has 1 N–H and O–H groups in total. The Hall–Kier alpha value is -2.89. The quantitative estimate of drug-likeness (QED) is 0.368. The van der Waals surface area contributed by atoms with Crippen LogP contribution in [0, 0.1) is 5.41 Å². The van der Waals surface area contributed by atoms with Gasteiger partial charge in [0.05, 0.1) is 23.9 Å². The molecule has 0 unspecified atom stereocenters. The Morgan fingerprint density at radius 1 is 1.09 bits per heavy atom. The van der Waals surface area contributed by atoms with E-state index in [1.807, 2.05) is 72.5 Å². The molecular formula is C28H28Cl2N2O3. The molecule has 35 heavy (non-hydrogen) atoms. The molecule has 0 saturated carbocycles. The highest BCUT2D eigenvalue weighted by molar-refractivity contribution is 6.30. The van der Waals surface area contributed by atoms with Crippen LogP contribution in [-0.4, -0.2) is 26.9 Å². The second-order valence-electron chi connectivity index (χ2n) is 9.41. The lowest BCUT2D eigenvalue weighted by molar-refractivity contribution is -0.160. The number of benzene rings is 2. The number of aromatic nitrogens is 1. The molecule has 1 aromatic heterocycles. The van der Waals surface area contributed by atoms with Gasteiger partial charge in [0.2, 0.25) is 5.91 Å². The first-order valence-electron chi connectivity index (χ1n) is 11.7. The first-order chi connectivity index (χ1) is 16.7. The van der Waals surface area contributed by atoms with Gasteiger partial charge in [-0.2, -0.15) is 0 Å². The highest BCUT2D eigenvalue weighted by Crippen LogP contribution is 2.54. The third-order valence-electron chi connectivity index (χ3n) is 6.95. The number of hydrogen-bond donors (Lipinski definition) is 1. The summed E-state index contributed by atoms with van der Waals surface area (Å²) in [6.45, 7) is 3.81. The number of pyridine rings is 1. The zero-order valence-corrected chi connectivity index (χ0v) is 21.2. The summed E-state index contributed by atoms with van der Waals surface area (Å²) in [6.07, 6.45) is 4.23. The fourth-order valence-electron chi connectivity index (χ4n) is 5.40. The van der Waals surface area contributed by atoms with Crippen molar-refractivity contribution in [1.29, 1.82) is 0 Å². The topological polar surface area (TPSA) is 70.5 Å². The fraction of sp³-hybridized carbons (Fsp3) is 0.321. The Balaban J connectivity index is 1.95. The zero-order valence-electron chi connectivity index (χ0n) is 19.7. The molecule has 1 aliphatic rings. The van der Waals surface area contributed by atoms with Crippen LogP contribution in [0.3, 0.4) is 0 Å². The summed E-state index contributed by atoms with van der Waals surface area (Å²) in [6, 6.07) is 18.4. The maximum absolute atomic E-state index is 14.2. The van der Waals surface area contributed by atoms with Crippen LogP contribution in [0.25, 0.3) is 0 Å². The van der Waals surface area contributed by atoms with E-state index in [0.29, 0.717) is 22.9 Å². The number of piperidine rings is 1. The van der Waals surface area contributed by atoms with Crippen LogP contribution in [-0.2, 0) is 9.59 Å². The minimum atomic E-state index is -1.08. The van der Waals surface area contributed by atoms with Crippen molar-refractivity contribution in [2.45, 2.75) is 51.1 Å². The van der Waals surface area contributed by atoms with Crippen molar-refractivity contribution >= 4 is 35.1 Å². The van der Waals surface area contributed by atoms with Crippen LogP contribution in [0.5, 0.6) is 0 Å². The van der Waals surface area contributed by atoms with Gasteiger partial charge in [0.25, 0.3) is 0 Å². The summed E-state index contributed by atoms with van der Waals surface area (Å²) in [5, 5.41) is 11.0. The largest absolute Gasteiger partial charge is 0.481 e. The van der Waals surface area contributed by atoms with Gasteiger partial charge < -0.3 is 10.0 Å². The maximum Gasteiger partial charge on any atom is 0.304 e. The van der Waals surface area contributed by atoms with Crippen molar-refractivity contribution in [3.63, 3.8) is 0 Å². The third kappa shape index (κ3) is 5.21. The highest BCUT2D eigenvalue weighted by atomic mass is 35.5. The smallest absolute Gasteiger partial charge is 0.304 e. The number of halogens is 2. The number of carbonyl (C=O) groups is 2. The third-order valence-corrected chi connectivity index (χ3v) is 7.43. The van der Waals surface area contributed by atoms with Crippen molar-refractivity contribution in [3.05, 3.63) is 99.8 Å². The van der Waals surface area contributed by atoms with Crippen LogP contribution >= 0.6 is 23.2 Å². The van der Waals surface area contributed by atoms with Crippen LogP contribution in [0.4, 0.5) is 0 Å². The van der Waals surface area contributed by atoms with Gasteiger partial charge in [0, 0.05) is 28.4 Å². The van der Waals surface area contributed by atoms with E-state index in [0.717, 1.165) is 16.7 Å². The van der Waals surface area contributed by atoms with Gasteiger partial charge in [0.15, 0.2) is 0 Å². The van der Waals surface area contributed by atoms with E-state index in [9.17, 15) is 14.7 Å². The molecule has 0 aliphatic carbocycles. The molecule has 0 bridgehead atoms. The Bertz CT molecular complexity index is 1200. The summed E-state index contributed by atoms with van der Waals surface area (Å²) >= 11 is 12.6. The van der Waals surface area contributed by atoms with Crippen LogP contribution in [0.1, 0.15) is 67.8 Å². The number of likely N-dealkylation sites (tertiary alicyclic amines) is 1.